The number of rotatable bonds is 6. The van der Waals surface area contributed by atoms with Crippen LogP contribution >= 0.6 is 11.3 Å². The second kappa shape index (κ2) is 7.97. The summed E-state index contributed by atoms with van der Waals surface area (Å²) in [6.45, 7) is 0.436. The molecule has 0 bridgehead atoms. The van der Waals surface area contributed by atoms with E-state index in [2.05, 4.69) is 15.5 Å². The largest absolute Gasteiger partial charge is 0.352 e. The summed E-state index contributed by atoms with van der Waals surface area (Å²) in [6, 6.07) is 21.5. The first kappa shape index (κ1) is 17.2. The molecule has 2 aromatic heterocycles. The number of aromatic nitrogens is 2. The van der Waals surface area contributed by atoms with Gasteiger partial charge in [0.15, 0.2) is 0 Å². The van der Waals surface area contributed by atoms with E-state index in [0.29, 0.717) is 30.2 Å². The molecule has 0 spiro atoms. The molecule has 0 aliphatic rings. The predicted molar refractivity (Wildman–Crippen MR) is 106 cm³/mol. The van der Waals surface area contributed by atoms with Crippen LogP contribution in [0, 0.1) is 0 Å². The molecule has 0 saturated carbocycles. The normalized spacial score (nSPS) is 10.7. The minimum absolute atomic E-state index is 0.118. The van der Waals surface area contributed by atoms with Crippen LogP contribution in [0.2, 0.25) is 0 Å². The summed E-state index contributed by atoms with van der Waals surface area (Å²) >= 11 is 1.56. The van der Waals surface area contributed by atoms with Crippen LogP contribution in [0.5, 0.6) is 0 Å². The third-order valence-electron chi connectivity index (χ3n) is 4.09. The first-order valence-corrected chi connectivity index (χ1v) is 9.48. The molecule has 2 heterocycles. The Labute approximate surface area is 160 Å². The van der Waals surface area contributed by atoms with Gasteiger partial charge in [-0.3, -0.25) is 4.79 Å². The molecule has 6 heteroatoms. The van der Waals surface area contributed by atoms with Crippen LogP contribution in [-0.4, -0.2) is 22.6 Å². The number of thiophene rings is 1. The van der Waals surface area contributed by atoms with Crippen molar-refractivity contribution in [3.63, 3.8) is 0 Å². The summed E-state index contributed by atoms with van der Waals surface area (Å²) in [5.74, 6) is 0.980. The number of amides is 1. The van der Waals surface area contributed by atoms with E-state index in [9.17, 15) is 4.79 Å². The molecule has 0 radical (unpaired) electrons. The van der Waals surface area contributed by atoms with Gasteiger partial charge in [0.05, 0.1) is 4.88 Å². The Morgan fingerprint density at radius 3 is 2.48 bits per heavy atom. The molecule has 1 amide bonds. The summed E-state index contributed by atoms with van der Waals surface area (Å²) in [5, 5.41) is 8.82. The fourth-order valence-corrected chi connectivity index (χ4v) is 3.34. The number of carbonyl (C=O) groups excluding carboxylic acids is 1. The van der Waals surface area contributed by atoms with Crippen molar-refractivity contribution in [2.75, 3.05) is 6.54 Å². The van der Waals surface area contributed by atoms with Crippen LogP contribution in [0.4, 0.5) is 0 Å². The monoisotopic (exact) mass is 375 g/mol. The summed E-state index contributed by atoms with van der Waals surface area (Å²) in [6.07, 6.45) is 0.492. The molecule has 27 heavy (non-hydrogen) atoms. The standard InChI is InChI=1S/C21H17N3O2S/c25-21(17-10-8-16(9-11-17)15-5-2-1-3-6-15)22-13-12-19-23-20(24-26-19)18-7-4-14-27-18/h1-11,14H,12-13H2,(H,22,25). The highest BCUT2D eigenvalue weighted by atomic mass is 32.1. The van der Waals surface area contributed by atoms with Gasteiger partial charge >= 0.3 is 0 Å². The number of carbonyl (C=O) groups is 1. The van der Waals surface area contributed by atoms with Crippen molar-refractivity contribution < 1.29 is 9.32 Å². The van der Waals surface area contributed by atoms with E-state index in [1.54, 1.807) is 11.3 Å². The summed E-state index contributed by atoms with van der Waals surface area (Å²) in [7, 11) is 0. The highest BCUT2D eigenvalue weighted by Crippen LogP contribution is 2.21. The van der Waals surface area contributed by atoms with Gasteiger partial charge in [0.2, 0.25) is 11.7 Å². The van der Waals surface area contributed by atoms with Crippen molar-refractivity contribution in [1.29, 1.82) is 0 Å². The quantitative estimate of drug-likeness (QED) is 0.541. The number of nitrogens with zero attached hydrogens (tertiary/aromatic N) is 2. The Hall–Kier alpha value is -3.25. The maximum Gasteiger partial charge on any atom is 0.251 e. The molecule has 0 unspecified atom stereocenters. The van der Waals surface area contributed by atoms with Crippen molar-refractivity contribution >= 4 is 17.2 Å². The second-order valence-electron chi connectivity index (χ2n) is 5.94. The van der Waals surface area contributed by atoms with E-state index in [1.165, 1.54) is 0 Å². The van der Waals surface area contributed by atoms with Crippen molar-refractivity contribution in [2.24, 2.45) is 0 Å². The van der Waals surface area contributed by atoms with Gasteiger partial charge in [0.25, 0.3) is 5.91 Å². The fraction of sp³-hybridized carbons (Fsp3) is 0.0952. The zero-order valence-corrected chi connectivity index (χ0v) is 15.3. The molecular formula is C21H17N3O2S. The zero-order valence-electron chi connectivity index (χ0n) is 14.5. The van der Waals surface area contributed by atoms with Gasteiger partial charge in [-0.15, -0.1) is 11.3 Å². The van der Waals surface area contributed by atoms with Gasteiger partial charge in [-0.25, -0.2) is 0 Å². The molecule has 4 aromatic rings. The number of benzene rings is 2. The van der Waals surface area contributed by atoms with Crippen molar-refractivity contribution in [3.05, 3.63) is 83.6 Å². The molecule has 0 aliphatic heterocycles. The zero-order chi connectivity index (χ0) is 18.5. The van der Waals surface area contributed by atoms with Gasteiger partial charge in [0.1, 0.15) is 0 Å². The third-order valence-corrected chi connectivity index (χ3v) is 4.95. The topological polar surface area (TPSA) is 68.0 Å². The molecule has 0 atom stereocenters. The number of hydrogen-bond acceptors (Lipinski definition) is 5. The van der Waals surface area contributed by atoms with E-state index in [1.807, 2.05) is 72.1 Å². The second-order valence-corrected chi connectivity index (χ2v) is 6.89. The van der Waals surface area contributed by atoms with Crippen LogP contribution in [0.3, 0.4) is 0 Å². The van der Waals surface area contributed by atoms with E-state index in [4.69, 9.17) is 4.52 Å². The van der Waals surface area contributed by atoms with Gasteiger partial charge < -0.3 is 9.84 Å². The first-order valence-electron chi connectivity index (χ1n) is 8.60. The fourth-order valence-electron chi connectivity index (χ4n) is 2.69. The maximum absolute atomic E-state index is 12.3. The molecular weight excluding hydrogens is 358 g/mol. The average Bonchev–Trinajstić information content (AvgIpc) is 3.40. The first-order chi connectivity index (χ1) is 13.3. The van der Waals surface area contributed by atoms with Gasteiger partial charge in [-0.05, 0) is 34.7 Å². The highest BCUT2D eigenvalue weighted by molar-refractivity contribution is 7.13. The highest BCUT2D eigenvalue weighted by Gasteiger charge is 2.10. The molecule has 5 nitrogen and oxygen atoms in total. The van der Waals surface area contributed by atoms with Gasteiger partial charge in [-0.2, -0.15) is 4.98 Å². The van der Waals surface area contributed by atoms with Crippen LogP contribution in [-0.2, 0) is 6.42 Å². The average molecular weight is 375 g/mol. The lowest BCUT2D eigenvalue weighted by Crippen LogP contribution is -2.25. The Morgan fingerprint density at radius 1 is 0.963 bits per heavy atom. The van der Waals surface area contributed by atoms with Crippen LogP contribution in [0.15, 0.2) is 76.6 Å². The summed E-state index contributed by atoms with van der Waals surface area (Å²) in [4.78, 5) is 17.6. The van der Waals surface area contributed by atoms with Gasteiger partial charge in [-0.1, -0.05) is 53.7 Å². The number of hydrogen-bond donors (Lipinski definition) is 1. The van der Waals surface area contributed by atoms with E-state index >= 15 is 0 Å². The Morgan fingerprint density at radius 2 is 1.74 bits per heavy atom. The number of nitrogens with one attached hydrogen (secondary N) is 1. The van der Waals surface area contributed by atoms with Crippen molar-refractivity contribution in [2.45, 2.75) is 6.42 Å². The minimum Gasteiger partial charge on any atom is -0.352 e. The molecule has 1 N–H and O–H groups in total. The summed E-state index contributed by atoms with van der Waals surface area (Å²) in [5.41, 5.74) is 2.83. The molecule has 134 valence electrons. The smallest absolute Gasteiger partial charge is 0.251 e. The molecule has 4 rings (SSSR count). The molecule has 0 fully saturated rings. The van der Waals surface area contributed by atoms with E-state index in [0.717, 1.165) is 16.0 Å². The Kier molecular flexibility index (Phi) is 5.07. The van der Waals surface area contributed by atoms with Crippen LogP contribution in [0.25, 0.3) is 21.8 Å². The maximum atomic E-state index is 12.3. The SMILES string of the molecule is O=C(NCCc1nc(-c2cccs2)no1)c1ccc(-c2ccccc2)cc1. The lowest BCUT2D eigenvalue weighted by Gasteiger charge is -2.05. The van der Waals surface area contributed by atoms with Crippen molar-refractivity contribution in [3.8, 4) is 21.8 Å². The van der Waals surface area contributed by atoms with E-state index in [-0.39, 0.29) is 5.91 Å². The van der Waals surface area contributed by atoms with Crippen LogP contribution in [0.1, 0.15) is 16.2 Å². The van der Waals surface area contributed by atoms with Crippen LogP contribution < -0.4 is 5.32 Å². The molecule has 0 aliphatic carbocycles. The molecule has 2 aromatic carbocycles. The summed E-state index contributed by atoms with van der Waals surface area (Å²) < 4.78 is 5.23. The Balaban J connectivity index is 1.32. The molecule has 0 saturated heterocycles. The lowest BCUT2D eigenvalue weighted by atomic mass is 10.0. The Bertz CT molecular complexity index is 1010. The lowest BCUT2D eigenvalue weighted by molar-refractivity contribution is 0.0953. The van der Waals surface area contributed by atoms with Gasteiger partial charge in [0, 0.05) is 18.5 Å². The minimum atomic E-state index is -0.118. The third kappa shape index (κ3) is 4.12. The van der Waals surface area contributed by atoms with E-state index < -0.39 is 0 Å². The van der Waals surface area contributed by atoms with Crippen molar-refractivity contribution in [1.82, 2.24) is 15.5 Å². The predicted octanol–water partition coefficient (Wildman–Crippen LogP) is 4.44.